The number of carbonyl (C=O) groups is 2. The molecule has 186 valence electrons. The molecule has 3 aromatic carbocycles. The minimum Gasteiger partial charge on any atom is -0.465 e. The Bertz CT molecular complexity index is 1300. The molecular formula is C30H33N3O3. The summed E-state index contributed by atoms with van der Waals surface area (Å²) >= 11 is 0. The Kier molecular flexibility index (Phi) is 7.00. The van der Waals surface area contributed by atoms with Crippen LogP contribution in [0.15, 0.2) is 72.8 Å². The van der Waals surface area contributed by atoms with Crippen molar-refractivity contribution in [2.24, 2.45) is 17.6 Å². The van der Waals surface area contributed by atoms with Crippen molar-refractivity contribution < 1.29 is 14.3 Å². The van der Waals surface area contributed by atoms with Crippen molar-refractivity contribution in [1.29, 1.82) is 0 Å². The average Bonchev–Trinajstić information content (AvgIpc) is 3.21. The van der Waals surface area contributed by atoms with Crippen LogP contribution in [0.2, 0.25) is 0 Å². The maximum Gasteiger partial charge on any atom is 0.337 e. The zero-order valence-corrected chi connectivity index (χ0v) is 21.4. The van der Waals surface area contributed by atoms with E-state index in [1.165, 1.54) is 7.11 Å². The van der Waals surface area contributed by atoms with E-state index in [0.717, 1.165) is 22.4 Å². The van der Waals surface area contributed by atoms with Gasteiger partial charge < -0.3 is 21.1 Å². The van der Waals surface area contributed by atoms with Gasteiger partial charge in [0.1, 0.15) is 0 Å². The molecule has 0 saturated heterocycles. The standard InChI is InChI=1S/C30H33N3O3/c1-18(2)30(31,19(3)4)22-12-14-23(15-13-22)32-27(20-9-7-6-8-10-20)26-24-16-11-21(29(35)36-5)17-25(24)33-28(26)34/h6-19,32H,31H2,1-5H3,(H,33,34)/b27-26+. The third-order valence-corrected chi connectivity index (χ3v) is 7.06. The lowest BCUT2D eigenvalue weighted by molar-refractivity contribution is -0.110. The molecule has 1 amide bonds. The number of fused-ring (bicyclic) bond motifs is 1. The number of rotatable bonds is 7. The molecule has 4 N–H and O–H groups in total. The van der Waals surface area contributed by atoms with E-state index in [-0.39, 0.29) is 17.7 Å². The van der Waals surface area contributed by atoms with Crippen LogP contribution in [-0.2, 0) is 15.1 Å². The molecule has 0 spiro atoms. The summed E-state index contributed by atoms with van der Waals surface area (Å²) in [5, 5.41) is 6.38. The first kappa shape index (κ1) is 25.2. The Morgan fingerprint density at radius 2 is 1.56 bits per heavy atom. The van der Waals surface area contributed by atoms with Crippen LogP contribution in [0, 0.1) is 11.8 Å². The molecule has 6 heteroatoms. The molecule has 3 aromatic rings. The normalized spacial score (nSPS) is 14.5. The number of carbonyl (C=O) groups excluding carboxylic acids is 2. The molecule has 1 aliphatic heterocycles. The average molecular weight is 484 g/mol. The predicted octanol–water partition coefficient (Wildman–Crippen LogP) is 5.87. The number of hydrogen-bond donors (Lipinski definition) is 3. The second-order valence-electron chi connectivity index (χ2n) is 9.77. The van der Waals surface area contributed by atoms with Crippen LogP contribution < -0.4 is 16.4 Å². The quantitative estimate of drug-likeness (QED) is 0.289. The number of ether oxygens (including phenoxy) is 1. The maximum absolute atomic E-state index is 13.2. The molecule has 36 heavy (non-hydrogen) atoms. The third-order valence-electron chi connectivity index (χ3n) is 7.06. The molecule has 0 bridgehead atoms. The Morgan fingerprint density at radius 1 is 0.917 bits per heavy atom. The number of nitrogens with one attached hydrogen (secondary N) is 2. The van der Waals surface area contributed by atoms with Crippen molar-refractivity contribution in [1.82, 2.24) is 0 Å². The highest BCUT2D eigenvalue weighted by Gasteiger charge is 2.34. The summed E-state index contributed by atoms with van der Waals surface area (Å²) < 4.78 is 4.82. The topological polar surface area (TPSA) is 93.4 Å². The van der Waals surface area contributed by atoms with Crippen LogP contribution in [0.5, 0.6) is 0 Å². The molecule has 1 aliphatic rings. The monoisotopic (exact) mass is 483 g/mol. The highest BCUT2D eigenvalue weighted by atomic mass is 16.5. The van der Waals surface area contributed by atoms with E-state index in [9.17, 15) is 9.59 Å². The van der Waals surface area contributed by atoms with Gasteiger partial charge in [0.15, 0.2) is 0 Å². The molecule has 0 atom stereocenters. The molecule has 0 unspecified atom stereocenters. The van der Waals surface area contributed by atoms with Crippen molar-refractivity contribution in [3.8, 4) is 0 Å². The van der Waals surface area contributed by atoms with Gasteiger partial charge in [-0.2, -0.15) is 0 Å². The van der Waals surface area contributed by atoms with Gasteiger partial charge in [-0.1, -0.05) is 76.2 Å². The molecule has 1 heterocycles. The summed E-state index contributed by atoms with van der Waals surface area (Å²) in [5.74, 6) is -0.154. The number of hydrogen-bond acceptors (Lipinski definition) is 5. The Hall–Kier alpha value is -3.90. The van der Waals surface area contributed by atoms with Crippen molar-refractivity contribution in [3.05, 3.63) is 95.1 Å². The molecule has 0 fully saturated rings. The fourth-order valence-electron chi connectivity index (χ4n) is 4.87. The number of benzene rings is 3. The van der Waals surface area contributed by atoms with Gasteiger partial charge in [0.05, 0.1) is 29.6 Å². The number of esters is 1. The van der Waals surface area contributed by atoms with E-state index in [1.54, 1.807) is 18.2 Å². The summed E-state index contributed by atoms with van der Waals surface area (Å²) in [6.07, 6.45) is 0. The van der Waals surface area contributed by atoms with Crippen LogP contribution in [0.4, 0.5) is 11.4 Å². The number of amides is 1. The first-order chi connectivity index (χ1) is 17.2. The minimum atomic E-state index is -0.454. The molecule has 0 aromatic heterocycles. The first-order valence-electron chi connectivity index (χ1n) is 12.2. The van der Waals surface area contributed by atoms with Crippen LogP contribution in [0.1, 0.15) is 54.7 Å². The van der Waals surface area contributed by atoms with Crippen LogP contribution in [0.25, 0.3) is 11.3 Å². The second-order valence-corrected chi connectivity index (χ2v) is 9.77. The van der Waals surface area contributed by atoms with E-state index in [1.807, 2.05) is 42.5 Å². The van der Waals surface area contributed by atoms with E-state index in [0.29, 0.717) is 22.5 Å². The lowest BCUT2D eigenvalue weighted by Crippen LogP contribution is -2.46. The van der Waals surface area contributed by atoms with Gasteiger partial charge in [-0.15, -0.1) is 0 Å². The summed E-state index contributed by atoms with van der Waals surface area (Å²) in [6.45, 7) is 8.58. The fraction of sp³-hybridized carbons (Fsp3) is 0.267. The predicted molar refractivity (Wildman–Crippen MR) is 145 cm³/mol. The molecule has 4 rings (SSSR count). The zero-order chi connectivity index (χ0) is 26.0. The van der Waals surface area contributed by atoms with Crippen LogP contribution in [0.3, 0.4) is 0 Å². The molecule has 0 radical (unpaired) electrons. The van der Waals surface area contributed by atoms with Gasteiger partial charge in [-0.3, -0.25) is 4.79 Å². The summed E-state index contributed by atoms with van der Waals surface area (Å²) in [7, 11) is 1.33. The van der Waals surface area contributed by atoms with Crippen molar-refractivity contribution >= 4 is 34.5 Å². The highest BCUT2D eigenvalue weighted by molar-refractivity contribution is 6.37. The van der Waals surface area contributed by atoms with Gasteiger partial charge in [0.25, 0.3) is 5.91 Å². The summed E-state index contributed by atoms with van der Waals surface area (Å²) in [4.78, 5) is 25.2. The van der Waals surface area contributed by atoms with Gasteiger partial charge in [0.2, 0.25) is 0 Å². The van der Waals surface area contributed by atoms with Gasteiger partial charge in [-0.05, 0) is 47.2 Å². The summed E-state index contributed by atoms with van der Waals surface area (Å²) in [6, 6.07) is 22.9. The smallest absolute Gasteiger partial charge is 0.337 e. The van der Waals surface area contributed by atoms with E-state index >= 15 is 0 Å². The lowest BCUT2D eigenvalue weighted by Gasteiger charge is -2.38. The molecular weight excluding hydrogens is 450 g/mol. The van der Waals surface area contributed by atoms with Gasteiger partial charge in [0, 0.05) is 16.8 Å². The zero-order valence-electron chi connectivity index (χ0n) is 21.4. The van der Waals surface area contributed by atoms with Gasteiger partial charge in [-0.25, -0.2) is 4.79 Å². The highest BCUT2D eigenvalue weighted by Crippen LogP contribution is 2.39. The Balaban J connectivity index is 1.78. The number of nitrogens with two attached hydrogens (primary N) is 1. The minimum absolute atomic E-state index is 0.240. The maximum atomic E-state index is 13.2. The first-order valence-corrected chi connectivity index (χ1v) is 12.2. The van der Waals surface area contributed by atoms with Crippen molar-refractivity contribution in [2.75, 3.05) is 17.7 Å². The van der Waals surface area contributed by atoms with Crippen molar-refractivity contribution in [2.45, 2.75) is 33.2 Å². The lowest BCUT2D eigenvalue weighted by atomic mass is 9.73. The van der Waals surface area contributed by atoms with Crippen LogP contribution >= 0.6 is 0 Å². The van der Waals surface area contributed by atoms with Crippen molar-refractivity contribution in [3.63, 3.8) is 0 Å². The second kappa shape index (κ2) is 9.99. The largest absolute Gasteiger partial charge is 0.465 e. The Morgan fingerprint density at radius 3 is 2.14 bits per heavy atom. The fourth-order valence-corrected chi connectivity index (χ4v) is 4.87. The summed E-state index contributed by atoms with van der Waals surface area (Å²) in [5.41, 5.74) is 12.0. The third kappa shape index (κ3) is 4.52. The van der Waals surface area contributed by atoms with E-state index in [4.69, 9.17) is 10.5 Å². The number of anilines is 2. The Labute approximate surface area is 212 Å². The molecule has 6 nitrogen and oxygen atoms in total. The molecule has 0 aliphatic carbocycles. The number of methoxy groups -OCH3 is 1. The SMILES string of the molecule is COC(=O)c1ccc2c(c1)NC(=O)/C2=C(/Nc1ccc(C(N)(C(C)C)C(C)C)cc1)c1ccccc1. The van der Waals surface area contributed by atoms with Gasteiger partial charge >= 0.3 is 5.97 Å². The van der Waals surface area contributed by atoms with Crippen LogP contribution in [-0.4, -0.2) is 19.0 Å². The molecule has 0 saturated carbocycles. The van der Waals surface area contributed by atoms with E-state index in [2.05, 4.69) is 50.5 Å². The van der Waals surface area contributed by atoms with E-state index < -0.39 is 11.5 Å².